The Bertz CT molecular complexity index is 1690. The highest BCUT2D eigenvalue weighted by molar-refractivity contribution is 5.87. The molecule has 12 nitrogen and oxygen atoms in total. The van der Waals surface area contributed by atoms with Crippen LogP contribution >= 0.6 is 0 Å². The normalized spacial score (nSPS) is 23.6. The van der Waals surface area contributed by atoms with Crippen LogP contribution in [0.3, 0.4) is 0 Å². The van der Waals surface area contributed by atoms with E-state index in [0.717, 1.165) is 22.4 Å². The summed E-state index contributed by atoms with van der Waals surface area (Å²) in [7, 11) is 0. The maximum absolute atomic E-state index is 12.5. The second kappa shape index (κ2) is 11.0. The Morgan fingerprint density at radius 1 is 1.07 bits per heavy atom. The molecule has 2 aromatic carbocycles. The number of carbonyl (C=O) groups excluding carboxylic acids is 1. The van der Waals surface area contributed by atoms with E-state index in [-0.39, 0.29) is 13.4 Å². The molecule has 7 rings (SSSR count). The number of imidazole rings is 1. The number of nitrogens with zero attached hydrogens (tertiary/aromatic N) is 4. The van der Waals surface area contributed by atoms with Gasteiger partial charge >= 0.3 is 5.97 Å². The van der Waals surface area contributed by atoms with Crippen LogP contribution in [0.25, 0.3) is 17.2 Å². The molecule has 0 aliphatic carbocycles. The van der Waals surface area contributed by atoms with Crippen molar-refractivity contribution in [2.24, 2.45) is 0 Å². The van der Waals surface area contributed by atoms with Crippen molar-refractivity contribution in [3.05, 3.63) is 77.9 Å². The molecule has 43 heavy (non-hydrogen) atoms. The van der Waals surface area contributed by atoms with E-state index < -0.39 is 36.3 Å². The summed E-state index contributed by atoms with van der Waals surface area (Å²) in [6, 6.07) is 13.6. The number of ether oxygens (including phenoxy) is 6. The number of benzene rings is 2. The summed E-state index contributed by atoms with van der Waals surface area (Å²) < 4.78 is 37.1. The van der Waals surface area contributed by atoms with E-state index in [1.807, 2.05) is 67.8 Å². The fourth-order valence-corrected chi connectivity index (χ4v) is 5.48. The van der Waals surface area contributed by atoms with Crippen LogP contribution in [0.1, 0.15) is 36.8 Å². The Labute approximate surface area is 247 Å². The molecule has 2 saturated heterocycles. The van der Waals surface area contributed by atoms with Crippen LogP contribution in [0, 0.1) is 6.92 Å². The minimum absolute atomic E-state index is 0.00186. The third kappa shape index (κ3) is 5.52. The van der Waals surface area contributed by atoms with Gasteiger partial charge in [0.1, 0.15) is 31.2 Å². The zero-order chi connectivity index (χ0) is 29.6. The van der Waals surface area contributed by atoms with Crippen LogP contribution in [0.15, 0.2) is 61.2 Å². The third-order valence-corrected chi connectivity index (χ3v) is 7.53. The van der Waals surface area contributed by atoms with E-state index >= 15 is 0 Å². The van der Waals surface area contributed by atoms with E-state index in [2.05, 4.69) is 20.3 Å². The fourth-order valence-electron chi connectivity index (χ4n) is 5.48. The van der Waals surface area contributed by atoms with Gasteiger partial charge in [0.25, 0.3) is 0 Å². The summed E-state index contributed by atoms with van der Waals surface area (Å²) in [5, 5.41) is 3.34. The number of rotatable bonds is 8. The predicted octanol–water partition coefficient (Wildman–Crippen LogP) is 4.15. The molecule has 12 heteroatoms. The number of carbonyl (C=O) groups is 1. The van der Waals surface area contributed by atoms with E-state index in [1.165, 1.54) is 12.4 Å². The lowest BCUT2D eigenvalue weighted by molar-refractivity contribution is -0.201. The molecule has 0 saturated carbocycles. The van der Waals surface area contributed by atoms with Crippen molar-refractivity contribution in [1.29, 1.82) is 0 Å². The van der Waals surface area contributed by atoms with Crippen LogP contribution < -0.4 is 14.8 Å². The number of aromatic nitrogens is 4. The molecule has 0 radical (unpaired) electrons. The summed E-state index contributed by atoms with van der Waals surface area (Å²) in [6.07, 6.45) is 4.15. The van der Waals surface area contributed by atoms with Crippen molar-refractivity contribution in [3.8, 4) is 11.5 Å². The Hall–Kier alpha value is -4.52. The molecule has 4 atom stereocenters. The number of anilines is 1. The topological polar surface area (TPSA) is 128 Å². The summed E-state index contributed by atoms with van der Waals surface area (Å²) in [4.78, 5) is 26.0. The highest BCUT2D eigenvalue weighted by Gasteiger charge is 2.56. The lowest BCUT2D eigenvalue weighted by atomic mass is 10.1. The minimum Gasteiger partial charge on any atom is -0.460 e. The number of hydrogen-bond acceptors (Lipinski definition) is 11. The summed E-state index contributed by atoms with van der Waals surface area (Å²) in [6.45, 7) is 6.43. The van der Waals surface area contributed by atoms with Crippen LogP contribution in [0.5, 0.6) is 11.5 Å². The first-order chi connectivity index (χ1) is 20.8. The van der Waals surface area contributed by atoms with E-state index in [0.29, 0.717) is 29.3 Å². The Kier molecular flexibility index (Phi) is 6.96. The van der Waals surface area contributed by atoms with Crippen molar-refractivity contribution in [3.63, 3.8) is 0 Å². The Balaban J connectivity index is 1.06. The van der Waals surface area contributed by atoms with Crippen molar-refractivity contribution in [2.45, 2.75) is 57.6 Å². The molecule has 2 aromatic heterocycles. The van der Waals surface area contributed by atoms with Gasteiger partial charge in [-0.05, 0) is 50.1 Å². The molecule has 4 aromatic rings. The number of fused-ring (bicyclic) bond motifs is 3. The van der Waals surface area contributed by atoms with Gasteiger partial charge in [0, 0.05) is 12.6 Å². The van der Waals surface area contributed by atoms with Gasteiger partial charge in [-0.15, -0.1) is 0 Å². The van der Waals surface area contributed by atoms with Crippen LogP contribution in [-0.4, -0.2) is 63.0 Å². The van der Waals surface area contributed by atoms with Crippen molar-refractivity contribution in [2.75, 3.05) is 18.7 Å². The van der Waals surface area contributed by atoms with E-state index in [1.54, 1.807) is 12.4 Å². The summed E-state index contributed by atoms with van der Waals surface area (Å²) in [5.74, 6) is 0.712. The highest BCUT2D eigenvalue weighted by Crippen LogP contribution is 2.44. The molecule has 3 aliphatic rings. The first-order valence-corrected chi connectivity index (χ1v) is 14.1. The molecule has 5 heterocycles. The highest BCUT2D eigenvalue weighted by atomic mass is 16.8. The molecule has 2 fully saturated rings. The molecule has 0 spiro atoms. The first kappa shape index (κ1) is 27.3. The van der Waals surface area contributed by atoms with Crippen LogP contribution in [-0.2, 0) is 30.3 Å². The smallest absolute Gasteiger partial charge is 0.330 e. The van der Waals surface area contributed by atoms with Gasteiger partial charge in [0.15, 0.2) is 40.5 Å². The second-order valence-corrected chi connectivity index (χ2v) is 11.1. The van der Waals surface area contributed by atoms with Gasteiger partial charge in [-0.1, -0.05) is 35.9 Å². The largest absolute Gasteiger partial charge is 0.460 e. The van der Waals surface area contributed by atoms with Crippen LogP contribution in [0.2, 0.25) is 0 Å². The summed E-state index contributed by atoms with van der Waals surface area (Å²) >= 11 is 0. The number of nitrogens with one attached hydrogen (secondary N) is 1. The van der Waals surface area contributed by atoms with Gasteiger partial charge < -0.3 is 33.7 Å². The maximum Gasteiger partial charge on any atom is 0.330 e. The van der Waals surface area contributed by atoms with E-state index in [4.69, 9.17) is 28.4 Å². The van der Waals surface area contributed by atoms with Gasteiger partial charge in [0.2, 0.25) is 6.79 Å². The van der Waals surface area contributed by atoms with E-state index in [9.17, 15) is 4.79 Å². The zero-order valence-corrected chi connectivity index (χ0v) is 23.9. The zero-order valence-electron chi connectivity index (χ0n) is 23.9. The van der Waals surface area contributed by atoms with Crippen molar-refractivity contribution in [1.82, 2.24) is 19.5 Å². The molecule has 4 unspecified atom stereocenters. The quantitative estimate of drug-likeness (QED) is 0.237. The molecule has 0 amide bonds. The Morgan fingerprint density at radius 2 is 1.88 bits per heavy atom. The standard InChI is InChI=1S/C31H31N5O7/c1-18-4-6-19(7-5-18)9-11-24(37)38-14-23-26-27(43-31(2,3)42-26)30(41-23)36-16-35-25-28(33-15-34-29(25)36)32-13-20-8-10-21-22(12-20)40-17-39-21/h4-12,15-16,23,26-27,30H,13-14,17H2,1-3H3,(H,32,33,34)/b11-9+. The fraction of sp³-hybridized carbons (Fsp3) is 0.355. The average molecular weight is 586 g/mol. The van der Waals surface area contributed by atoms with Crippen LogP contribution in [0.4, 0.5) is 5.82 Å². The molecule has 222 valence electrons. The first-order valence-electron chi connectivity index (χ1n) is 14.1. The Morgan fingerprint density at radius 3 is 2.74 bits per heavy atom. The van der Waals surface area contributed by atoms with Gasteiger partial charge in [-0.3, -0.25) is 4.57 Å². The SMILES string of the molecule is Cc1ccc(/C=C/C(=O)OCC2OC(n3cnc4c(NCc5ccc6c(c5)OCO6)ncnc43)C3OC(C)(C)OC23)cc1. The number of hydrogen-bond donors (Lipinski definition) is 1. The third-order valence-electron chi connectivity index (χ3n) is 7.53. The summed E-state index contributed by atoms with van der Waals surface area (Å²) in [5.41, 5.74) is 4.21. The van der Waals surface area contributed by atoms with Gasteiger partial charge in [-0.2, -0.15) is 0 Å². The van der Waals surface area contributed by atoms with Crippen molar-refractivity contribution >= 4 is 29.0 Å². The second-order valence-electron chi connectivity index (χ2n) is 11.1. The molecular formula is C31H31N5O7. The lowest BCUT2D eigenvalue weighted by Gasteiger charge is -2.24. The number of esters is 1. The number of aryl methyl sites for hydroxylation is 1. The lowest BCUT2D eigenvalue weighted by Crippen LogP contribution is -2.33. The maximum atomic E-state index is 12.5. The van der Waals surface area contributed by atoms with Gasteiger partial charge in [0.05, 0.1) is 6.33 Å². The molecular weight excluding hydrogens is 554 g/mol. The molecule has 1 N–H and O–H groups in total. The monoisotopic (exact) mass is 585 g/mol. The van der Waals surface area contributed by atoms with Gasteiger partial charge in [-0.25, -0.2) is 19.7 Å². The predicted molar refractivity (Wildman–Crippen MR) is 154 cm³/mol. The average Bonchev–Trinajstić information content (AvgIpc) is 3.77. The van der Waals surface area contributed by atoms with Crippen molar-refractivity contribution < 1.29 is 33.2 Å². The molecule has 3 aliphatic heterocycles. The molecule has 0 bridgehead atoms. The minimum atomic E-state index is -0.840.